The number of fused-ring (bicyclic) bond motifs is 1. The Hall–Kier alpha value is -3.69. The number of nitrogens with one attached hydrogen (secondary N) is 1. The highest BCUT2D eigenvalue weighted by Crippen LogP contribution is 2.32. The van der Waals surface area contributed by atoms with E-state index in [2.05, 4.69) is 20.0 Å². The maximum Gasteiger partial charge on any atom is 0.341 e. The molecule has 2 aromatic carbocycles. The van der Waals surface area contributed by atoms with Crippen molar-refractivity contribution in [2.45, 2.75) is 11.8 Å². The van der Waals surface area contributed by atoms with Crippen molar-refractivity contribution < 1.29 is 17.9 Å². The van der Waals surface area contributed by atoms with E-state index in [0.717, 1.165) is 0 Å². The standard InChI is InChI=1S/C23H19ClN4O4S/c1-2-32-23(29)19-14-26-20-11-6-15(24)13-18(20)22(19)27-16-7-9-17(10-8-16)33(30,31)28-21-5-3-4-12-25-21/h3-14H,2H2,1H3,(H2,25,26,27,28,29)/p-1. The molecule has 0 bridgehead atoms. The molecule has 10 heteroatoms. The second-order valence-electron chi connectivity index (χ2n) is 6.83. The van der Waals surface area contributed by atoms with Gasteiger partial charge in [0.25, 0.3) is 0 Å². The van der Waals surface area contributed by atoms with Crippen LogP contribution in [0.3, 0.4) is 0 Å². The van der Waals surface area contributed by atoms with Gasteiger partial charge in [0.2, 0.25) is 10.0 Å². The summed E-state index contributed by atoms with van der Waals surface area (Å²) in [6, 6.07) is 16.0. The third-order valence-corrected chi connectivity index (χ3v) is 6.14. The second-order valence-corrected chi connectivity index (χ2v) is 8.87. The average Bonchev–Trinajstić information content (AvgIpc) is 2.80. The molecule has 0 spiro atoms. The zero-order valence-corrected chi connectivity index (χ0v) is 19.0. The third kappa shape index (κ3) is 5.05. The Balaban J connectivity index is 1.67. The summed E-state index contributed by atoms with van der Waals surface area (Å²) in [5.41, 5.74) is 1.86. The minimum atomic E-state index is -3.94. The van der Waals surface area contributed by atoms with Gasteiger partial charge in [0.1, 0.15) is 5.56 Å². The molecule has 1 N–H and O–H groups in total. The quantitative estimate of drug-likeness (QED) is 0.342. The number of aromatic nitrogens is 2. The van der Waals surface area contributed by atoms with Crippen molar-refractivity contribution in [1.29, 1.82) is 0 Å². The Labute approximate surface area is 195 Å². The van der Waals surface area contributed by atoms with Crippen LogP contribution in [0.5, 0.6) is 0 Å². The molecule has 0 aliphatic rings. The van der Waals surface area contributed by atoms with Crippen LogP contribution in [0.1, 0.15) is 17.3 Å². The Bertz CT molecular complexity index is 1410. The van der Waals surface area contributed by atoms with E-state index < -0.39 is 16.0 Å². The summed E-state index contributed by atoms with van der Waals surface area (Å²) in [5.74, 6) is -0.443. The maximum atomic E-state index is 12.6. The van der Waals surface area contributed by atoms with Crippen molar-refractivity contribution in [3.63, 3.8) is 0 Å². The normalized spacial score (nSPS) is 11.2. The van der Waals surface area contributed by atoms with Crippen LogP contribution in [-0.4, -0.2) is 31.0 Å². The second kappa shape index (κ2) is 9.43. The first-order valence-electron chi connectivity index (χ1n) is 9.89. The van der Waals surface area contributed by atoms with Crippen LogP contribution in [-0.2, 0) is 14.8 Å². The highest BCUT2D eigenvalue weighted by Gasteiger charge is 2.18. The minimum absolute atomic E-state index is 0.00644. The molecule has 0 amide bonds. The average molecular weight is 482 g/mol. The summed E-state index contributed by atoms with van der Waals surface area (Å²) < 4.78 is 34.1. The molecule has 0 atom stereocenters. The van der Waals surface area contributed by atoms with E-state index in [4.69, 9.17) is 16.3 Å². The molecule has 2 heterocycles. The van der Waals surface area contributed by atoms with Gasteiger partial charge in [0.15, 0.2) is 0 Å². The van der Waals surface area contributed by atoms with Crippen LogP contribution in [0.2, 0.25) is 5.02 Å². The molecule has 33 heavy (non-hydrogen) atoms. The van der Waals surface area contributed by atoms with Crippen molar-refractivity contribution in [2.75, 3.05) is 11.9 Å². The number of ether oxygens (including phenoxy) is 1. The number of carbonyl (C=O) groups is 1. The number of benzene rings is 2. The fourth-order valence-electron chi connectivity index (χ4n) is 3.10. The van der Waals surface area contributed by atoms with Gasteiger partial charge in [-0.1, -0.05) is 36.0 Å². The minimum Gasteiger partial charge on any atom is -0.462 e. The maximum absolute atomic E-state index is 12.6. The lowest BCUT2D eigenvalue weighted by Crippen LogP contribution is -2.09. The van der Waals surface area contributed by atoms with Gasteiger partial charge < -0.3 is 19.8 Å². The largest absolute Gasteiger partial charge is 0.462 e. The molecule has 0 saturated carbocycles. The lowest BCUT2D eigenvalue weighted by atomic mass is 10.1. The molecule has 0 fully saturated rings. The third-order valence-electron chi connectivity index (χ3n) is 4.61. The van der Waals surface area contributed by atoms with Gasteiger partial charge in [-0.3, -0.25) is 4.98 Å². The van der Waals surface area contributed by atoms with Crippen molar-refractivity contribution in [3.8, 4) is 0 Å². The van der Waals surface area contributed by atoms with E-state index in [-0.39, 0.29) is 22.9 Å². The topological polar surface area (TPSA) is 112 Å². The monoisotopic (exact) mass is 481 g/mol. The van der Waals surface area contributed by atoms with Crippen LogP contribution < -0.4 is 5.32 Å². The Kier molecular flexibility index (Phi) is 6.43. The molecule has 0 unspecified atom stereocenters. The molecule has 168 valence electrons. The van der Waals surface area contributed by atoms with E-state index >= 15 is 0 Å². The van der Waals surface area contributed by atoms with E-state index in [0.29, 0.717) is 27.3 Å². The number of hydrogen-bond donors (Lipinski definition) is 1. The fourth-order valence-corrected chi connectivity index (χ4v) is 4.21. The lowest BCUT2D eigenvalue weighted by molar-refractivity contribution is 0.0527. The van der Waals surface area contributed by atoms with Gasteiger partial charge in [0.05, 0.1) is 22.7 Å². The summed E-state index contributed by atoms with van der Waals surface area (Å²) >= 11 is 6.17. The Morgan fingerprint density at radius 3 is 2.58 bits per heavy atom. The van der Waals surface area contributed by atoms with Crippen molar-refractivity contribution in [2.24, 2.45) is 0 Å². The van der Waals surface area contributed by atoms with Crippen molar-refractivity contribution >= 4 is 55.7 Å². The van der Waals surface area contributed by atoms with E-state index in [1.807, 2.05) is 0 Å². The number of rotatable bonds is 7. The number of hydrogen-bond acceptors (Lipinski definition) is 7. The molecule has 0 saturated heterocycles. The Morgan fingerprint density at radius 2 is 1.88 bits per heavy atom. The van der Waals surface area contributed by atoms with E-state index in [1.165, 1.54) is 30.6 Å². The van der Waals surface area contributed by atoms with Gasteiger partial charge in [-0.15, -0.1) is 0 Å². The molecule has 0 aliphatic heterocycles. The first kappa shape index (κ1) is 22.5. The highest BCUT2D eigenvalue weighted by molar-refractivity contribution is 7.94. The number of esters is 1. The molecule has 0 radical (unpaired) electrons. The number of sulfonamides is 1. The van der Waals surface area contributed by atoms with Crippen LogP contribution in [0.4, 0.5) is 17.2 Å². The molecule has 8 nitrogen and oxygen atoms in total. The predicted octanol–water partition coefficient (Wildman–Crippen LogP) is 5.60. The van der Waals surface area contributed by atoms with Crippen molar-refractivity contribution in [1.82, 2.24) is 9.97 Å². The van der Waals surface area contributed by atoms with Gasteiger partial charge in [-0.05, 0) is 55.2 Å². The lowest BCUT2D eigenvalue weighted by Gasteiger charge is -2.16. The van der Waals surface area contributed by atoms with Crippen LogP contribution >= 0.6 is 11.6 Å². The van der Waals surface area contributed by atoms with Crippen molar-refractivity contribution in [3.05, 3.63) is 88.4 Å². The zero-order valence-electron chi connectivity index (χ0n) is 17.4. The fraction of sp³-hybridized carbons (Fsp3) is 0.0870. The van der Waals surface area contributed by atoms with Crippen LogP contribution in [0, 0.1) is 0 Å². The number of nitrogens with zero attached hydrogens (tertiary/aromatic N) is 3. The van der Waals surface area contributed by atoms with Crippen LogP contribution in [0.25, 0.3) is 15.6 Å². The van der Waals surface area contributed by atoms with E-state index in [1.54, 1.807) is 49.4 Å². The summed E-state index contributed by atoms with van der Waals surface area (Å²) in [6.45, 7) is 1.92. The number of pyridine rings is 2. The SMILES string of the molecule is CCOC(=O)c1cnc2ccc(Cl)cc2c1Nc1ccc(S(=O)(=O)[N-]c2ccccn2)cc1. The van der Waals surface area contributed by atoms with Crippen LogP contribution in [0.15, 0.2) is 78.0 Å². The number of carbonyl (C=O) groups excluding carboxylic acids is 1. The molecular weight excluding hydrogens is 464 g/mol. The van der Waals surface area contributed by atoms with Gasteiger partial charge >= 0.3 is 5.97 Å². The number of anilines is 2. The molecule has 4 aromatic rings. The molecule has 4 rings (SSSR count). The van der Waals surface area contributed by atoms with Gasteiger partial charge in [0, 0.05) is 22.3 Å². The predicted molar refractivity (Wildman–Crippen MR) is 127 cm³/mol. The first-order valence-corrected chi connectivity index (χ1v) is 11.7. The highest BCUT2D eigenvalue weighted by atomic mass is 35.5. The Morgan fingerprint density at radius 1 is 1.09 bits per heavy atom. The number of halogens is 1. The molecule has 0 aliphatic carbocycles. The van der Waals surface area contributed by atoms with E-state index in [9.17, 15) is 13.2 Å². The summed E-state index contributed by atoms with van der Waals surface area (Å²) in [4.78, 5) is 20.8. The first-order chi connectivity index (χ1) is 15.9. The summed E-state index contributed by atoms with van der Waals surface area (Å²) in [6.07, 6.45) is 2.90. The van der Waals surface area contributed by atoms with Gasteiger partial charge in [-0.2, -0.15) is 0 Å². The summed E-state index contributed by atoms with van der Waals surface area (Å²) in [7, 11) is -3.94. The molecule has 2 aromatic heterocycles. The molecular formula is C23H18ClN4O4S-. The van der Waals surface area contributed by atoms with Gasteiger partial charge in [-0.25, -0.2) is 13.2 Å². The smallest absolute Gasteiger partial charge is 0.341 e. The zero-order chi connectivity index (χ0) is 23.4. The summed E-state index contributed by atoms with van der Waals surface area (Å²) in [5, 5.41) is 4.27.